The summed E-state index contributed by atoms with van der Waals surface area (Å²) in [7, 11) is 1.66. The quantitative estimate of drug-likeness (QED) is 0.881. The first kappa shape index (κ1) is 13.3. The normalized spacial score (nSPS) is 15.2. The third-order valence-corrected chi connectivity index (χ3v) is 3.52. The molecule has 0 aromatic carbocycles. The predicted molar refractivity (Wildman–Crippen MR) is 74.3 cm³/mol. The van der Waals surface area contributed by atoms with Gasteiger partial charge in [-0.2, -0.15) is 0 Å². The molecule has 20 heavy (non-hydrogen) atoms. The summed E-state index contributed by atoms with van der Waals surface area (Å²) in [5, 5.41) is 3.42. The molecule has 1 saturated carbocycles. The zero-order valence-electron chi connectivity index (χ0n) is 11.4. The summed E-state index contributed by atoms with van der Waals surface area (Å²) in [6.45, 7) is 0.346. The number of hydrogen-bond donors (Lipinski definition) is 1. The molecule has 1 aliphatic rings. The standard InChI is InChI=1S/C14H18F2N4/c1-19(9-12(15)16)14-11(8-17-10-5-6-10)20-7-3-2-4-13(20)18-14/h2-4,7,10,12,17H,5-6,8-9H2,1H3. The number of nitrogens with zero attached hydrogens (tertiary/aromatic N) is 3. The number of alkyl halides is 2. The van der Waals surface area contributed by atoms with Crippen LogP contribution in [0.3, 0.4) is 0 Å². The number of hydrogen-bond acceptors (Lipinski definition) is 3. The molecule has 0 spiro atoms. The highest BCUT2D eigenvalue weighted by Gasteiger charge is 2.23. The first-order valence-corrected chi connectivity index (χ1v) is 6.84. The zero-order valence-corrected chi connectivity index (χ0v) is 11.4. The Balaban J connectivity index is 1.92. The van der Waals surface area contributed by atoms with Gasteiger partial charge in [-0.3, -0.25) is 0 Å². The average Bonchev–Trinajstić information content (AvgIpc) is 3.16. The van der Waals surface area contributed by atoms with E-state index in [-0.39, 0.29) is 6.54 Å². The molecular weight excluding hydrogens is 262 g/mol. The van der Waals surface area contributed by atoms with Gasteiger partial charge in [0.1, 0.15) is 5.65 Å². The lowest BCUT2D eigenvalue weighted by atomic mass is 10.3. The molecular formula is C14H18F2N4. The van der Waals surface area contributed by atoms with Crippen molar-refractivity contribution in [1.82, 2.24) is 14.7 Å². The van der Waals surface area contributed by atoms with E-state index in [0.29, 0.717) is 18.4 Å². The average molecular weight is 280 g/mol. The second-order valence-electron chi connectivity index (χ2n) is 5.24. The lowest BCUT2D eigenvalue weighted by Gasteiger charge is -2.18. The van der Waals surface area contributed by atoms with Gasteiger partial charge in [0.2, 0.25) is 0 Å². The number of aromatic nitrogens is 2. The smallest absolute Gasteiger partial charge is 0.255 e. The Morgan fingerprint density at radius 1 is 1.45 bits per heavy atom. The van der Waals surface area contributed by atoms with Gasteiger partial charge in [0.15, 0.2) is 5.82 Å². The maximum absolute atomic E-state index is 12.6. The molecule has 0 atom stereocenters. The van der Waals surface area contributed by atoms with Gasteiger partial charge in [-0.1, -0.05) is 6.07 Å². The minimum atomic E-state index is -2.37. The zero-order chi connectivity index (χ0) is 14.1. The van der Waals surface area contributed by atoms with Crippen molar-refractivity contribution in [2.45, 2.75) is 31.9 Å². The Morgan fingerprint density at radius 2 is 2.25 bits per heavy atom. The molecule has 6 heteroatoms. The van der Waals surface area contributed by atoms with Crippen LogP contribution in [-0.2, 0) is 6.54 Å². The molecule has 3 rings (SSSR count). The van der Waals surface area contributed by atoms with Gasteiger partial charge in [0.25, 0.3) is 6.43 Å². The van der Waals surface area contributed by atoms with E-state index in [1.165, 1.54) is 17.7 Å². The first-order chi connectivity index (χ1) is 9.65. The number of imidazole rings is 1. The van der Waals surface area contributed by atoms with Crippen molar-refractivity contribution in [2.75, 3.05) is 18.5 Å². The maximum Gasteiger partial charge on any atom is 0.255 e. The number of rotatable bonds is 6. The highest BCUT2D eigenvalue weighted by molar-refractivity contribution is 5.55. The monoisotopic (exact) mass is 280 g/mol. The molecule has 108 valence electrons. The SMILES string of the molecule is CN(CC(F)F)c1nc2ccccn2c1CNC1CC1. The largest absolute Gasteiger partial charge is 0.352 e. The molecule has 2 heterocycles. The Hall–Kier alpha value is -1.69. The van der Waals surface area contributed by atoms with Crippen LogP contribution in [0, 0.1) is 0 Å². The summed E-state index contributed by atoms with van der Waals surface area (Å²) in [4.78, 5) is 6.01. The Labute approximate surface area is 116 Å². The number of anilines is 1. The molecule has 1 fully saturated rings. The van der Waals surface area contributed by atoms with Crippen LogP contribution in [0.2, 0.25) is 0 Å². The molecule has 0 saturated heterocycles. The van der Waals surface area contributed by atoms with Gasteiger partial charge in [-0.15, -0.1) is 0 Å². The first-order valence-electron chi connectivity index (χ1n) is 6.84. The summed E-state index contributed by atoms with van der Waals surface area (Å²) in [6, 6.07) is 6.28. The van der Waals surface area contributed by atoms with Crippen molar-refractivity contribution in [3.05, 3.63) is 30.1 Å². The number of nitrogens with one attached hydrogen (secondary N) is 1. The maximum atomic E-state index is 12.6. The summed E-state index contributed by atoms with van der Waals surface area (Å²) >= 11 is 0. The highest BCUT2D eigenvalue weighted by Crippen LogP contribution is 2.24. The molecule has 0 aliphatic heterocycles. The Kier molecular flexibility index (Phi) is 3.56. The number of pyridine rings is 1. The third-order valence-electron chi connectivity index (χ3n) is 3.52. The fraction of sp³-hybridized carbons (Fsp3) is 0.500. The topological polar surface area (TPSA) is 32.6 Å². The van der Waals surface area contributed by atoms with Crippen LogP contribution in [-0.4, -0.2) is 35.4 Å². The van der Waals surface area contributed by atoms with Gasteiger partial charge in [-0.05, 0) is 25.0 Å². The van der Waals surface area contributed by atoms with E-state index in [0.717, 1.165) is 11.3 Å². The molecule has 1 N–H and O–H groups in total. The van der Waals surface area contributed by atoms with Crippen molar-refractivity contribution in [1.29, 1.82) is 0 Å². The van der Waals surface area contributed by atoms with Gasteiger partial charge in [0, 0.05) is 25.8 Å². The van der Waals surface area contributed by atoms with Crippen LogP contribution in [0.5, 0.6) is 0 Å². The molecule has 0 amide bonds. The van der Waals surface area contributed by atoms with E-state index in [1.54, 1.807) is 7.05 Å². The van der Waals surface area contributed by atoms with Crippen molar-refractivity contribution in [3.63, 3.8) is 0 Å². The van der Waals surface area contributed by atoms with E-state index < -0.39 is 6.43 Å². The van der Waals surface area contributed by atoms with Crippen LogP contribution in [0.1, 0.15) is 18.5 Å². The van der Waals surface area contributed by atoms with Gasteiger partial charge in [0.05, 0.1) is 12.2 Å². The molecule has 2 aromatic heterocycles. The van der Waals surface area contributed by atoms with Crippen LogP contribution >= 0.6 is 0 Å². The summed E-state index contributed by atoms with van der Waals surface area (Å²) in [5.74, 6) is 0.629. The Bertz CT molecular complexity index is 592. The van der Waals surface area contributed by atoms with E-state index in [1.807, 2.05) is 28.8 Å². The predicted octanol–water partition coefficient (Wildman–Crippen LogP) is 2.29. The second-order valence-corrected chi connectivity index (χ2v) is 5.24. The minimum Gasteiger partial charge on any atom is -0.352 e. The lowest BCUT2D eigenvalue weighted by molar-refractivity contribution is 0.156. The number of fused-ring (bicyclic) bond motifs is 1. The van der Waals surface area contributed by atoms with Gasteiger partial charge in [-0.25, -0.2) is 13.8 Å². The fourth-order valence-corrected chi connectivity index (χ4v) is 2.33. The van der Waals surface area contributed by atoms with Crippen LogP contribution in [0.15, 0.2) is 24.4 Å². The molecule has 4 nitrogen and oxygen atoms in total. The van der Waals surface area contributed by atoms with Crippen LogP contribution in [0.4, 0.5) is 14.6 Å². The van der Waals surface area contributed by atoms with Crippen LogP contribution < -0.4 is 10.2 Å². The summed E-state index contributed by atoms with van der Waals surface area (Å²) < 4.78 is 27.1. The van der Waals surface area contributed by atoms with E-state index >= 15 is 0 Å². The Morgan fingerprint density at radius 3 is 2.95 bits per heavy atom. The number of halogens is 2. The van der Waals surface area contributed by atoms with E-state index in [2.05, 4.69) is 10.3 Å². The van der Waals surface area contributed by atoms with Crippen molar-refractivity contribution in [3.8, 4) is 0 Å². The highest BCUT2D eigenvalue weighted by atomic mass is 19.3. The second kappa shape index (κ2) is 5.36. The third kappa shape index (κ3) is 2.75. The molecule has 1 aliphatic carbocycles. The van der Waals surface area contributed by atoms with Crippen LogP contribution in [0.25, 0.3) is 5.65 Å². The lowest BCUT2D eigenvalue weighted by Crippen LogP contribution is -2.27. The summed E-state index contributed by atoms with van der Waals surface area (Å²) in [5.41, 5.74) is 1.73. The summed E-state index contributed by atoms with van der Waals surface area (Å²) in [6.07, 6.45) is 1.94. The molecule has 2 aromatic rings. The van der Waals surface area contributed by atoms with Gasteiger partial charge >= 0.3 is 0 Å². The van der Waals surface area contributed by atoms with Crippen molar-refractivity contribution >= 4 is 11.5 Å². The minimum absolute atomic E-state index is 0.305. The molecule has 0 unspecified atom stereocenters. The molecule has 0 radical (unpaired) electrons. The van der Waals surface area contributed by atoms with Crippen molar-refractivity contribution < 1.29 is 8.78 Å². The molecule has 0 bridgehead atoms. The van der Waals surface area contributed by atoms with E-state index in [9.17, 15) is 8.78 Å². The van der Waals surface area contributed by atoms with Gasteiger partial charge < -0.3 is 14.6 Å². The van der Waals surface area contributed by atoms with Crippen molar-refractivity contribution in [2.24, 2.45) is 0 Å². The van der Waals surface area contributed by atoms with E-state index in [4.69, 9.17) is 0 Å². The fourth-order valence-electron chi connectivity index (χ4n) is 2.33.